The minimum Gasteiger partial charge on any atom is -0.481 e. The summed E-state index contributed by atoms with van der Waals surface area (Å²) in [5.74, 6) is -0.873. The number of carboxylic acid groups (broad SMARTS) is 1. The summed E-state index contributed by atoms with van der Waals surface area (Å²) in [6.45, 7) is 1.09. The lowest BCUT2D eigenvalue weighted by atomic mass is 10.2. The number of rotatable bonds is 8. The molecule has 0 saturated heterocycles. The fourth-order valence-corrected chi connectivity index (χ4v) is 1.93. The molecule has 0 bridgehead atoms. The van der Waals surface area contributed by atoms with Crippen molar-refractivity contribution < 1.29 is 15.0 Å². The van der Waals surface area contributed by atoms with Crippen molar-refractivity contribution in [1.29, 1.82) is 0 Å². The first kappa shape index (κ1) is 15.0. The van der Waals surface area contributed by atoms with E-state index >= 15 is 0 Å². The van der Waals surface area contributed by atoms with Gasteiger partial charge in [0.25, 0.3) is 0 Å². The molecule has 18 heavy (non-hydrogen) atoms. The molecule has 0 amide bonds. The largest absolute Gasteiger partial charge is 0.481 e. The molecule has 0 aliphatic rings. The van der Waals surface area contributed by atoms with E-state index in [0.29, 0.717) is 13.1 Å². The first-order chi connectivity index (χ1) is 8.61. The van der Waals surface area contributed by atoms with Crippen LogP contribution in [0.4, 0.5) is 0 Å². The predicted molar refractivity (Wildman–Crippen MR) is 72.8 cm³/mol. The van der Waals surface area contributed by atoms with Crippen LogP contribution in [0.25, 0.3) is 0 Å². The highest BCUT2D eigenvalue weighted by Crippen LogP contribution is 2.14. The molecule has 1 atom stereocenters. The van der Waals surface area contributed by atoms with Gasteiger partial charge >= 0.3 is 5.97 Å². The Morgan fingerprint density at radius 2 is 2.06 bits per heavy atom. The highest BCUT2D eigenvalue weighted by Gasteiger charge is 2.06. The van der Waals surface area contributed by atoms with E-state index in [4.69, 9.17) is 5.11 Å². The number of thioether (sulfide) groups is 1. The Morgan fingerprint density at radius 3 is 2.61 bits per heavy atom. The minimum absolute atomic E-state index is 0.00522. The summed E-state index contributed by atoms with van der Waals surface area (Å²) in [6, 6.07) is 8.20. The van der Waals surface area contributed by atoms with Crippen LogP contribution in [-0.4, -0.2) is 35.1 Å². The van der Waals surface area contributed by atoms with Crippen LogP contribution in [0.15, 0.2) is 29.2 Å². The summed E-state index contributed by atoms with van der Waals surface area (Å²) in [4.78, 5) is 11.5. The summed E-state index contributed by atoms with van der Waals surface area (Å²) < 4.78 is 0. The van der Waals surface area contributed by atoms with Crippen LogP contribution in [0.1, 0.15) is 18.4 Å². The second-order valence-corrected chi connectivity index (χ2v) is 4.94. The van der Waals surface area contributed by atoms with E-state index in [0.717, 1.165) is 5.56 Å². The highest BCUT2D eigenvalue weighted by atomic mass is 32.2. The molecule has 1 unspecified atom stereocenters. The average Bonchev–Trinajstić information content (AvgIpc) is 2.37. The van der Waals surface area contributed by atoms with Crippen molar-refractivity contribution in [3.8, 4) is 0 Å². The molecule has 1 aromatic rings. The van der Waals surface area contributed by atoms with Crippen LogP contribution in [0, 0.1) is 0 Å². The maximum absolute atomic E-state index is 10.3. The minimum atomic E-state index is -0.873. The van der Waals surface area contributed by atoms with E-state index in [1.165, 1.54) is 4.90 Å². The summed E-state index contributed by atoms with van der Waals surface area (Å²) in [7, 11) is 0. The molecular formula is C13H19NO3S. The Morgan fingerprint density at radius 1 is 1.39 bits per heavy atom. The van der Waals surface area contributed by atoms with Crippen molar-refractivity contribution in [2.45, 2.75) is 30.4 Å². The normalized spacial score (nSPS) is 12.3. The fourth-order valence-electron chi connectivity index (χ4n) is 1.52. The molecule has 0 radical (unpaired) electrons. The van der Waals surface area contributed by atoms with Crippen LogP contribution in [0.3, 0.4) is 0 Å². The van der Waals surface area contributed by atoms with Gasteiger partial charge in [-0.1, -0.05) is 12.1 Å². The third-order valence-electron chi connectivity index (χ3n) is 2.56. The summed E-state index contributed by atoms with van der Waals surface area (Å²) >= 11 is 1.70. The second-order valence-electron chi connectivity index (χ2n) is 4.07. The molecule has 1 aromatic carbocycles. The number of aliphatic hydroxyl groups is 1. The number of hydrogen-bond acceptors (Lipinski definition) is 4. The SMILES string of the molecule is CSc1ccc(CNCC(O)CCC(=O)O)cc1. The summed E-state index contributed by atoms with van der Waals surface area (Å²) in [5, 5.41) is 21.1. The van der Waals surface area contributed by atoms with Gasteiger partial charge < -0.3 is 15.5 Å². The van der Waals surface area contributed by atoms with Crippen molar-refractivity contribution in [1.82, 2.24) is 5.32 Å². The molecule has 0 saturated carbocycles. The van der Waals surface area contributed by atoms with Crippen LogP contribution >= 0.6 is 11.8 Å². The lowest BCUT2D eigenvalue weighted by Crippen LogP contribution is -2.26. The molecular weight excluding hydrogens is 250 g/mol. The van der Waals surface area contributed by atoms with Crippen molar-refractivity contribution in [2.24, 2.45) is 0 Å². The van der Waals surface area contributed by atoms with Gasteiger partial charge in [0.15, 0.2) is 0 Å². The van der Waals surface area contributed by atoms with Gasteiger partial charge in [0.05, 0.1) is 6.10 Å². The number of benzene rings is 1. The summed E-state index contributed by atoms with van der Waals surface area (Å²) in [6.07, 6.45) is 1.72. The van der Waals surface area contributed by atoms with Gasteiger partial charge in [-0.15, -0.1) is 11.8 Å². The van der Waals surface area contributed by atoms with Gasteiger partial charge in [-0.25, -0.2) is 0 Å². The van der Waals surface area contributed by atoms with E-state index < -0.39 is 12.1 Å². The highest BCUT2D eigenvalue weighted by molar-refractivity contribution is 7.98. The third-order valence-corrected chi connectivity index (χ3v) is 3.30. The van der Waals surface area contributed by atoms with E-state index in [-0.39, 0.29) is 12.8 Å². The molecule has 0 spiro atoms. The first-order valence-corrected chi connectivity index (χ1v) is 7.08. The quantitative estimate of drug-likeness (QED) is 0.627. The lowest BCUT2D eigenvalue weighted by molar-refractivity contribution is -0.137. The van der Waals surface area contributed by atoms with E-state index in [2.05, 4.69) is 17.4 Å². The van der Waals surface area contributed by atoms with Gasteiger partial charge in [0, 0.05) is 24.4 Å². The van der Waals surface area contributed by atoms with E-state index in [9.17, 15) is 9.90 Å². The number of carboxylic acids is 1. The number of nitrogens with one attached hydrogen (secondary N) is 1. The fraction of sp³-hybridized carbons (Fsp3) is 0.462. The topological polar surface area (TPSA) is 69.6 Å². The maximum Gasteiger partial charge on any atom is 0.303 e. The maximum atomic E-state index is 10.3. The zero-order valence-corrected chi connectivity index (χ0v) is 11.2. The number of aliphatic hydroxyl groups excluding tert-OH is 1. The third kappa shape index (κ3) is 6.05. The molecule has 0 fully saturated rings. The molecule has 5 heteroatoms. The van der Waals surface area contributed by atoms with E-state index in [1.54, 1.807) is 11.8 Å². The van der Waals surface area contributed by atoms with Crippen LogP contribution in [-0.2, 0) is 11.3 Å². The molecule has 3 N–H and O–H groups in total. The predicted octanol–water partition coefficient (Wildman–Crippen LogP) is 1.72. The first-order valence-electron chi connectivity index (χ1n) is 5.85. The van der Waals surface area contributed by atoms with Gasteiger partial charge in [-0.2, -0.15) is 0 Å². The molecule has 0 heterocycles. The Balaban J connectivity index is 2.22. The van der Waals surface area contributed by atoms with Crippen LogP contribution < -0.4 is 5.32 Å². The zero-order chi connectivity index (χ0) is 13.4. The van der Waals surface area contributed by atoms with Crippen LogP contribution in [0.2, 0.25) is 0 Å². The van der Waals surface area contributed by atoms with Crippen molar-refractivity contribution >= 4 is 17.7 Å². The molecule has 4 nitrogen and oxygen atoms in total. The van der Waals surface area contributed by atoms with Crippen molar-refractivity contribution in [3.05, 3.63) is 29.8 Å². The number of aliphatic carboxylic acids is 1. The number of hydrogen-bond donors (Lipinski definition) is 3. The van der Waals surface area contributed by atoms with Crippen LogP contribution in [0.5, 0.6) is 0 Å². The Bertz CT molecular complexity index is 367. The van der Waals surface area contributed by atoms with Gasteiger partial charge in [0.1, 0.15) is 0 Å². The number of carbonyl (C=O) groups is 1. The van der Waals surface area contributed by atoms with Gasteiger partial charge in [-0.05, 0) is 30.4 Å². The Labute approximate surface area is 111 Å². The molecule has 100 valence electrons. The Kier molecular flexibility index (Phi) is 6.78. The average molecular weight is 269 g/mol. The monoisotopic (exact) mass is 269 g/mol. The van der Waals surface area contributed by atoms with Gasteiger partial charge in [-0.3, -0.25) is 4.79 Å². The second kappa shape index (κ2) is 8.13. The standard InChI is InChI=1S/C13H19NO3S/c1-18-12-5-2-10(3-6-12)8-14-9-11(15)4-7-13(16)17/h2-3,5-6,11,14-15H,4,7-9H2,1H3,(H,16,17). The van der Waals surface area contributed by atoms with Crippen molar-refractivity contribution in [2.75, 3.05) is 12.8 Å². The smallest absolute Gasteiger partial charge is 0.303 e. The molecule has 1 rings (SSSR count). The van der Waals surface area contributed by atoms with E-state index in [1.807, 2.05) is 18.4 Å². The van der Waals surface area contributed by atoms with Gasteiger partial charge in [0.2, 0.25) is 0 Å². The molecule has 0 aliphatic heterocycles. The molecule has 0 aliphatic carbocycles. The van der Waals surface area contributed by atoms with Crippen molar-refractivity contribution in [3.63, 3.8) is 0 Å². The zero-order valence-electron chi connectivity index (χ0n) is 10.4. The molecule has 0 aromatic heterocycles. The lowest BCUT2D eigenvalue weighted by Gasteiger charge is -2.10. The Hall–Kier alpha value is -1.04. The summed E-state index contributed by atoms with van der Waals surface area (Å²) in [5.41, 5.74) is 1.15.